The van der Waals surface area contributed by atoms with E-state index in [1.807, 2.05) is 0 Å². The minimum Gasteiger partial charge on any atom is -0.381 e. The zero-order valence-electron chi connectivity index (χ0n) is 23.5. The van der Waals surface area contributed by atoms with Gasteiger partial charge in [-0.3, -0.25) is 19.3 Å². The van der Waals surface area contributed by atoms with Crippen molar-refractivity contribution in [1.29, 1.82) is 5.26 Å². The maximum absolute atomic E-state index is 14.3. The molecule has 2 saturated heterocycles. The number of anilines is 1. The summed E-state index contributed by atoms with van der Waals surface area (Å²) in [6.07, 6.45) is -0.354. The van der Waals surface area contributed by atoms with E-state index < -0.39 is 41.6 Å². The van der Waals surface area contributed by atoms with Crippen LogP contribution in [0.1, 0.15) is 82.5 Å². The van der Waals surface area contributed by atoms with Crippen molar-refractivity contribution in [2.24, 2.45) is 11.8 Å². The van der Waals surface area contributed by atoms with Crippen molar-refractivity contribution in [2.45, 2.75) is 74.8 Å². The molecule has 226 valence electrons. The fourth-order valence-corrected chi connectivity index (χ4v) is 7.22. The van der Waals surface area contributed by atoms with E-state index in [2.05, 4.69) is 11.4 Å². The molecule has 2 aromatic rings. The summed E-state index contributed by atoms with van der Waals surface area (Å²) in [5, 5.41) is 17.4. The third-order valence-corrected chi connectivity index (χ3v) is 9.62. The van der Waals surface area contributed by atoms with Gasteiger partial charge < -0.3 is 15.0 Å². The van der Waals surface area contributed by atoms with Gasteiger partial charge in [0.15, 0.2) is 5.69 Å². The highest BCUT2D eigenvalue weighted by molar-refractivity contribution is 6.07. The Morgan fingerprint density at radius 2 is 1.86 bits per heavy atom. The van der Waals surface area contributed by atoms with Crippen LogP contribution >= 0.6 is 0 Å². The molecule has 4 fully saturated rings. The normalized spacial score (nSPS) is 28.7. The summed E-state index contributed by atoms with van der Waals surface area (Å²) in [4.78, 5) is 44.6. The molecule has 4 heterocycles. The number of nitrogens with one attached hydrogen (secondary N) is 1. The van der Waals surface area contributed by atoms with E-state index in [1.165, 1.54) is 11.0 Å². The molecule has 0 radical (unpaired) electrons. The first kappa shape index (κ1) is 27.9. The fourth-order valence-electron chi connectivity index (χ4n) is 7.22. The fraction of sp³-hybridized carbons (Fsp3) is 0.567. The summed E-state index contributed by atoms with van der Waals surface area (Å²) in [6, 6.07) is 4.55. The highest BCUT2D eigenvalue weighted by atomic mass is 19.4. The van der Waals surface area contributed by atoms with E-state index in [1.54, 1.807) is 16.6 Å². The number of benzene rings is 1. The van der Waals surface area contributed by atoms with Crippen molar-refractivity contribution in [2.75, 3.05) is 25.2 Å². The number of nitriles is 1. The first-order chi connectivity index (χ1) is 20.6. The first-order valence-electron chi connectivity index (χ1n) is 14.8. The molecule has 0 unspecified atom stereocenters. The molecule has 43 heavy (non-hydrogen) atoms. The van der Waals surface area contributed by atoms with Crippen molar-refractivity contribution >= 4 is 23.5 Å². The highest BCUT2D eigenvalue weighted by Crippen LogP contribution is 2.53. The minimum absolute atomic E-state index is 0.0141. The third-order valence-electron chi connectivity index (χ3n) is 9.62. The lowest BCUT2D eigenvalue weighted by atomic mass is 9.82. The topological polar surface area (TPSA) is 121 Å². The quantitative estimate of drug-likeness (QED) is 0.563. The second-order valence-electron chi connectivity index (χ2n) is 12.3. The molecule has 7 rings (SSSR count). The molecular weight excluding hydrogens is 565 g/mol. The number of halogens is 3. The van der Waals surface area contributed by atoms with Crippen LogP contribution < -0.4 is 10.2 Å². The molecule has 13 heteroatoms. The maximum Gasteiger partial charge on any atom is 0.416 e. The van der Waals surface area contributed by atoms with Crippen molar-refractivity contribution in [1.82, 2.24) is 20.0 Å². The Labute approximate surface area is 245 Å². The standard InChI is InChI=1S/C30H31F3N6O4/c1-37-27-23(22(15-5-6-15)24(28(37)41)35-26(40)16-3-2-4-18(11-16)30(31,32)33)25(36-39(27)19-7-9-43-10-8-19)29(42)38-20(14-34)12-17-13-21(17)38/h2-4,11,15,17,19-22,24H,5-10,12-13H2,1H3,(H,35,40)/t17-,20-,21+,22+,24+/m0/s1. The van der Waals surface area contributed by atoms with E-state index in [0.717, 1.165) is 37.5 Å². The van der Waals surface area contributed by atoms with E-state index >= 15 is 0 Å². The molecule has 2 saturated carbocycles. The molecule has 3 amide bonds. The number of likely N-dealkylation sites (N-methyl/N-ethyl adjacent to an activating group) is 1. The van der Waals surface area contributed by atoms with Gasteiger partial charge in [-0.05, 0) is 68.6 Å². The smallest absolute Gasteiger partial charge is 0.381 e. The Morgan fingerprint density at radius 3 is 2.53 bits per heavy atom. The van der Waals surface area contributed by atoms with Gasteiger partial charge in [-0.15, -0.1) is 0 Å². The Kier molecular flexibility index (Phi) is 6.54. The van der Waals surface area contributed by atoms with E-state index in [9.17, 15) is 32.8 Å². The summed E-state index contributed by atoms with van der Waals surface area (Å²) < 4.78 is 47.4. The van der Waals surface area contributed by atoms with Crippen LogP contribution in [0.2, 0.25) is 0 Å². The lowest BCUT2D eigenvalue weighted by Crippen LogP contribution is -2.55. The molecule has 0 spiro atoms. The van der Waals surface area contributed by atoms with Gasteiger partial charge in [0.2, 0.25) is 0 Å². The summed E-state index contributed by atoms with van der Waals surface area (Å²) in [6.45, 7) is 1.02. The Morgan fingerprint density at radius 1 is 1.12 bits per heavy atom. The molecule has 10 nitrogen and oxygen atoms in total. The Balaban J connectivity index is 1.31. The van der Waals surface area contributed by atoms with Gasteiger partial charge in [0.25, 0.3) is 17.7 Å². The van der Waals surface area contributed by atoms with Crippen molar-refractivity contribution in [3.8, 4) is 6.07 Å². The van der Waals surface area contributed by atoms with Crippen LogP contribution in [0.3, 0.4) is 0 Å². The van der Waals surface area contributed by atoms with Crippen LogP contribution in [-0.4, -0.2) is 70.8 Å². The van der Waals surface area contributed by atoms with Crippen LogP contribution in [0.4, 0.5) is 19.0 Å². The van der Waals surface area contributed by atoms with Gasteiger partial charge in [0, 0.05) is 43.3 Å². The van der Waals surface area contributed by atoms with Crippen LogP contribution in [-0.2, 0) is 15.7 Å². The molecule has 5 aliphatic rings. The van der Waals surface area contributed by atoms with E-state index in [4.69, 9.17) is 9.84 Å². The number of ether oxygens (including phenoxy) is 1. The van der Waals surface area contributed by atoms with Gasteiger partial charge in [-0.25, -0.2) is 4.68 Å². The molecule has 0 bridgehead atoms. The molecule has 1 N–H and O–H groups in total. The summed E-state index contributed by atoms with van der Waals surface area (Å²) in [7, 11) is 1.57. The van der Waals surface area contributed by atoms with Crippen molar-refractivity contribution in [3.05, 3.63) is 46.6 Å². The van der Waals surface area contributed by atoms with Crippen molar-refractivity contribution in [3.63, 3.8) is 0 Å². The number of rotatable bonds is 5. The lowest BCUT2D eigenvalue weighted by Gasteiger charge is -2.38. The first-order valence-corrected chi connectivity index (χ1v) is 14.8. The number of likely N-dealkylation sites (tertiary alicyclic amines) is 1. The van der Waals surface area contributed by atoms with E-state index in [-0.39, 0.29) is 35.2 Å². The average molecular weight is 597 g/mol. The second kappa shape index (κ2) is 10.1. The third kappa shape index (κ3) is 4.67. The van der Waals surface area contributed by atoms with Crippen LogP contribution in [0.5, 0.6) is 0 Å². The number of amides is 3. The molecule has 2 aliphatic carbocycles. The predicted molar refractivity (Wildman–Crippen MR) is 145 cm³/mol. The van der Waals surface area contributed by atoms with Crippen LogP contribution in [0.15, 0.2) is 24.3 Å². The number of hydrogen-bond donors (Lipinski definition) is 1. The SMILES string of the molecule is CN1C(=O)[C@H](NC(=O)c2cccc(C(F)(F)F)c2)[C@H](C2CC2)c2c(C(=O)N3[C@H](C#N)C[C@H]4C[C@H]43)nn(C3CCOCC3)c21. The number of piperidine rings is 1. The zero-order chi connectivity index (χ0) is 30.2. The molecular formula is C30H31F3N6O4. The predicted octanol–water partition coefficient (Wildman–Crippen LogP) is 3.65. The molecule has 3 aliphatic heterocycles. The van der Waals surface area contributed by atoms with Gasteiger partial charge in [0.05, 0.1) is 17.7 Å². The molecule has 1 aromatic carbocycles. The number of fused-ring (bicyclic) bond motifs is 2. The molecule has 5 atom stereocenters. The summed E-state index contributed by atoms with van der Waals surface area (Å²) in [5.74, 6) is -1.40. The Bertz CT molecular complexity index is 1540. The number of aromatic nitrogens is 2. The largest absolute Gasteiger partial charge is 0.416 e. The number of nitrogens with zero attached hydrogens (tertiary/aromatic N) is 5. The van der Waals surface area contributed by atoms with Gasteiger partial charge >= 0.3 is 6.18 Å². The number of hydrogen-bond acceptors (Lipinski definition) is 6. The van der Waals surface area contributed by atoms with Gasteiger partial charge in [0.1, 0.15) is 17.9 Å². The summed E-state index contributed by atoms with van der Waals surface area (Å²) >= 11 is 0. The summed E-state index contributed by atoms with van der Waals surface area (Å²) in [5.41, 5.74) is -0.427. The highest BCUT2D eigenvalue weighted by Gasteiger charge is 2.57. The van der Waals surface area contributed by atoms with Gasteiger partial charge in [-0.1, -0.05) is 6.07 Å². The maximum atomic E-state index is 14.3. The number of carbonyl (C=O) groups excluding carboxylic acids is 3. The lowest BCUT2D eigenvalue weighted by molar-refractivity contribution is -0.137. The van der Waals surface area contributed by atoms with Crippen molar-refractivity contribution < 1.29 is 32.3 Å². The molecule has 1 aromatic heterocycles. The van der Waals surface area contributed by atoms with E-state index in [0.29, 0.717) is 49.8 Å². The zero-order valence-corrected chi connectivity index (χ0v) is 23.5. The second-order valence-corrected chi connectivity index (χ2v) is 12.3. The monoisotopic (exact) mass is 596 g/mol. The number of carbonyl (C=O) groups is 3. The minimum atomic E-state index is -4.63. The van der Waals surface area contributed by atoms with Crippen LogP contribution in [0.25, 0.3) is 0 Å². The van der Waals surface area contributed by atoms with Gasteiger partial charge in [-0.2, -0.15) is 23.5 Å². The Hall–Kier alpha value is -3.92. The average Bonchev–Trinajstić information content (AvgIpc) is 3.92. The number of alkyl halides is 3. The van der Waals surface area contributed by atoms with Crippen LogP contribution in [0, 0.1) is 23.2 Å².